The fraction of sp³-hybridized carbons (Fsp3) is 0.588. The first-order valence-corrected chi connectivity index (χ1v) is 8.60. The molecule has 0 aliphatic heterocycles. The van der Waals surface area contributed by atoms with Crippen molar-refractivity contribution in [1.29, 1.82) is 0 Å². The van der Waals surface area contributed by atoms with Crippen LogP contribution < -0.4 is 5.73 Å². The van der Waals surface area contributed by atoms with Crippen molar-refractivity contribution >= 4 is 17.2 Å². The average Bonchev–Trinajstić information content (AvgIpc) is 2.75. The minimum atomic E-state index is 0.229. The minimum Gasteiger partial charge on any atom is -0.341 e. The predicted molar refractivity (Wildman–Crippen MR) is 87.9 cm³/mol. The number of amides is 1. The van der Waals surface area contributed by atoms with Crippen LogP contribution in [0.25, 0.3) is 0 Å². The fourth-order valence-corrected chi connectivity index (χ4v) is 3.62. The molecule has 0 radical (unpaired) electrons. The zero-order valence-electron chi connectivity index (χ0n) is 12.7. The van der Waals surface area contributed by atoms with Crippen LogP contribution in [0.15, 0.2) is 11.4 Å². The molecule has 2 N–H and O–H groups in total. The van der Waals surface area contributed by atoms with E-state index in [2.05, 4.69) is 23.3 Å². The third-order valence-corrected chi connectivity index (χ3v) is 4.86. The lowest BCUT2D eigenvalue weighted by atomic mass is 9.99. The van der Waals surface area contributed by atoms with Crippen LogP contribution in [0.4, 0.5) is 0 Å². The molecule has 1 fully saturated rings. The van der Waals surface area contributed by atoms with Gasteiger partial charge in [0.15, 0.2) is 0 Å². The molecule has 0 saturated heterocycles. The van der Waals surface area contributed by atoms with Crippen LogP contribution in [-0.4, -0.2) is 24.4 Å². The molecule has 1 aromatic heterocycles. The van der Waals surface area contributed by atoms with Crippen molar-refractivity contribution in [3.05, 3.63) is 21.9 Å². The summed E-state index contributed by atoms with van der Waals surface area (Å²) >= 11 is 1.61. The second kappa shape index (κ2) is 8.21. The van der Waals surface area contributed by atoms with Crippen LogP contribution in [0.3, 0.4) is 0 Å². The lowest BCUT2D eigenvalue weighted by molar-refractivity contribution is -0.135. The molecule has 0 aromatic carbocycles. The summed E-state index contributed by atoms with van der Waals surface area (Å²) in [5.74, 6) is 6.43. The molecule has 0 atom stereocenters. The van der Waals surface area contributed by atoms with Crippen molar-refractivity contribution in [2.45, 2.75) is 45.1 Å². The quantitative estimate of drug-likeness (QED) is 0.689. The van der Waals surface area contributed by atoms with Crippen molar-refractivity contribution in [2.24, 2.45) is 11.7 Å². The molecule has 1 aromatic rings. The Morgan fingerprint density at radius 2 is 2.10 bits per heavy atom. The number of rotatable bonds is 3. The lowest BCUT2D eigenvalue weighted by Crippen LogP contribution is -2.32. The van der Waals surface area contributed by atoms with E-state index in [0.29, 0.717) is 19.0 Å². The van der Waals surface area contributed by atoms with Gasteiger partial charge in [0.25, 0.3) is 0 Å². The summed E-state index contributed by atoms with van der Waals surface area (Å²) in [7, 11) is 1.91. The monoisotopic (exact) mass is 304 g/mol. The number of nitrogens with two attached hydrogens (primary N) is 1. The van der Waals surface area contributed by atoms with Gasteiger partial charge in [-0.1, -0.05) is 37.5 Å². The maximum Gasteiger partial charge on any atom is 0.225 e. The highest BCUT2D eigenvalue weighted by Crippen LogP contribution is 2.25. The van der Waals surface area contributed by atoms with Gasteiger partial charge in [0.2, 0.25) is 5.91 Å². The van der Waals surface area contributed by atoms with Crippen LogP contribution >= 0.6 is 11.3 Å². The van der Waals surface area contributed by atoms with E-state index in [-0.39, 0.29) is 5.92 Å². The molecule has 1 aliphatic carbocycles. The van der Waals surface area contributed by atoms with Gasteiger partial charge in [0.05, 0.1) is 11.4 Å². The van der Waals surface area contributed by atoms with Gasteiger partial charge in [-0.3, -0.25) is 4.79 Å². The van der Waals surface area contributed by atoms with Crippen LogP contribution in [0.5, 0.6) is 0 Å². The van der Waals surface area contributed by atoms with Crippen molar-refractivity contribution in [3.63, 3.8) is 0 Å². The molecule has 0 spiro atoms. The number of carbonyl (C=O) groups is 1. The van der Waals surface area contributed by atoms with Gasteiger partial charge in [-0.05, 0) is 29.9 Å². The summed E-state index contributed by atoms with van der Waals surface area (Å²) in [5.41, 5.74) is 6.54. The van der Waals surface area contributed by atoms with E-state index in [1.54, 1.807) is 11.3 Å². The first-order chi connectivity index (χ1) is 10.2. The van der Waals surface area contributed by atoms with Gasteiger partial charge in [-0.25, -0.2) is 0 Å². The highest BCUT2D eigenvalue weighted by Gasteiger charge is 2.23. The summed E-state index contributed by atoms with van der Waals surface area (Å²) in [6.07, 6.45) is 7.06. The van der Waals surface area contributed by atoms with Gasteiger partial charge < -0.3 is 10.6 Å². The van der Waals surface area contributed by atoms with Gasteiger partial charge in [-0.15, -0.1) is 11.3 Å². The van der Waals surface area contributed by atoms with E-state index < -0.39 is 0 Å². The van der Waals surface area contributed by atoms with Crippen molar-refractivity contribution in [2.75, 3.05) is 13.6 Å². The van der Waals surface area contributed by atoms with E-state index in [9.17, 15) is 4.79 Å². The zero-order valence-corrected chi connectivity index (χ0v) is 13.5. The third-order valence-electron chi connectivity index (χ3n) is 3.97. The smallest absolute Gasteiger partial charge is 0.225 e. The van der Waals surface area contributed by atoms with Gasteiger partial charge >= 0.3 is 0 Å². The Bertz CT molecular complexity index is 518. The SMILES string of the molecule is CN(Cc1csc(C#CCN)c1)C(=O)C1CCCCCC1. The normalized spacial score (nSPS) is 15.9. The molecule has 3 nitrogen and oxygen atoms in total. The number of carbonyl (C=O) groups excluding carboxylic acids is 1. The maximum atomic E-state index is 12.5. The van der Waals surface area contributed by atoms with Gasteiger partial charge in [-0.2, -0.15) is 0 Å². The molecule has 1 amide bonds. The second-order valence-electron chi connectivity index (χ2n) is 5.71. The van der Waals surface area contributed by atoms with E-state index in [0.717, 1.165) is 23.3 Å². The molecular weight excluding hydrogens is 280 g/mol. The summed E-state index contributed by atoms with van der Waals surface area (Å²) < 4.78 is 0. The zero-order chi connectivity index (χ0) is 15.1. The van der Waals surface area contributed by atoms with Crippen molar-refractivity contribution < 1.29 is 4.79 Å². The van der Waals surface area contributed by atoms with Crippen LogP contribution in [-0.2, 0) is 11.3 Å². The second-order valence-corrected chi connectivity index (χ2v) is 6.62. The third kappa shape index (κ3) is 4.87. The lowest BCUT2D eigenvalue weighted by Gasteiger charge is -2.22. The maximum absolute atomic E-state index is 12.5. The number of hydrogen-bond donors (Lipinski definition) is 1. The van der Waals surface area contributed by atoms with Crippen LogP contribution in [0.2, 0.25) is 0 Å². The van der Waals surface area contributed by atoms with E-state index in [4.69, 9.17) is 5.73 Å². The van der Waals surface area contributed by atoms with Gasteiger partial charge in [0.1, 0.15) is 0 Å². The molecule has 1 aliphatic rings. The standard InChI is InChI=1S/C17H24N2OS/c1-19(17(20)15-7-4-2-3-5-8-15)12-14-11-16(21-13-14)9-6-10-18/h11,13,15H,2-5,7-8,10,12,18H2,1H3. The Morgan fingerprint density at radius 3 is 2.76 bits per heavy atom. The van der Waals surface area contributed by atoms with Crippen molar-refractivity contribution in [3.8, 4) is 11.8 Å². The average molecular weight is 304 g/mol. The van der Waals surface area contributed by atoms with Crippen molar-refractivity contribution in [1.82, 2.24) is 4.90 Å². The molecule has 4 heteroatoms. The molecule has 1 heterocycles. The molecule has 0 bridgehead atoms. The summed E-state index contributed by atoms with van der Waals surface area (Å²) in [6.45, 7) is 1.06. The topological polar surface area (TPSA) is 46.3 Å². The van der Waals surface area contributed by atoms with E-state index in [1.165, 1.54) is 25.7 Å². The highest BCUT2D eigenvalue weighted by atomic mass is 32.1. The Kier molecular flexibility index (Phi) is 6.28. The Morgan fingerprint density at radius 1 is 1.38 bits per heavy atom. The largest absolute Gasteiger partial charge is 0.341 e. The fourth-order valence-electron chi connectivity index (χ4n) is 2.85. The number of hydrogen-bond acceptors (Lipinski definition) is 3. The molecule has 21 heavy (non-hydrogen) atoms. The first kappa shape index (κ1) is 16.1. The number of thiophene rings is 1. The summed E-state index contributed by atoms with van der Waals surface area (Å²) in [4.78, 5) is 15.4. The molecule has 1 saturated carbocycles. The molecule has 2 rings (SSSR count). The first-order valence-electron chi connectivity index (χ1n) is 7.72. The van der Waals surface area contributed by atoms with Gasteiger partial charge in [0, 0.05) is 19.5 Å². The Balaban J connectivity index is 1.91. The van der Waals surface area contributed by atoms with E-state index in [1.807, 2.05) is 11.9 Å². The predicted octanol–water partition coefficient (Wildman–Crippen LogP) is 2.99. The van der Waals surface area contributed by atoms with E-state index >= 15 is 0 Å². The minimum absolute atomic E-state index is 0.229. The summed E-state index contributed by atoms with van der Waals surface area (Å²) in [6, 6.07) is 2.06. The molecule has 114 valence electrons. The Hall–Kier alpha value is -1.31. The molecular formula is C17H24N2OS. The summed E-state index contributed by atoms with van der Waals surface area (Å²) in [5, 5.41) is 2.08. The van der Waals surface area contributed by atoms with Crippen LogP contribution in [0.1, 0.15) is 49.0 Å². The Labute approximate surface area is 131 Å². The number of nitrogens with zero attached hydrogens (tertiary/aromatic N) is 1. The highest BCUT2D eigenvalue weighted by molar-refractivity contribution is 7.10. The van der Waals surface area contributed by atoms with Crippen LogP contribution in [0, 0.1) is 17.8 Å². The molecule has 0 unspecified atom stereocenters.